The number of nitrogens with zero attached hydrogens (tertiary/aromatic N) is 4. The van der Waals surface area contributed by atoms with Gasteiger partial charge in [-0.1, -0.05) is 6.07 Å². The zero-order valence-electron chi connectivity index (χ0n) is 20.1. The molecule has 0 saturated carbocycles. The van der Waals surface area contributed by atoms with E-state index in [1.54, 1.807) is 12.4 Å². The molecule has 35 heavy (non-hydrogen) atoms. The Kier molecular flexibility index (Phi) is 6.90. The molecule has 0 amide bonds. The Hall–Kier alpha value is -3.91. The number of aryl methyl sites for hydroxylation is 2. The van der Waals surface area contributed by atoms with Crippen molar-refractivity contribution in [3.8, 4) is 5.88 Å². The largest absolute Gasteiger partial charge is 0.477 e. The smallest absolute Gasteiger partial charge is 0.215 e. The van der Waals surface area contributed by atoms with Crippen molar-refractivity contribution in [3.05, 3.63) is 77.4 Å². The molecule has 3 aromatic heterocycles. The Balaban J connectivity index is 1.32. The Labute approximate surface area is 205 Å². The van der Waals surface area contributed by atoms with Crippen molar-refractivity contribution >= 4 is 28.5 Å². The molecule has 2 N–H and O–H groups in total. The predicted molar refractivity (Wildman–Crippen MR) is 140 cm³/mol. The first kappa shape index (κ1) is 22.9. The van der Waals surface area contributed by atoms with Gasteiger partial charge in [-0.2, -0.15) is 5.10 Å². The summed E-state index contributed by atoms with van der Waals surface area (Å²) in [5, 5.41) is 5.65. The van der Waals surface area contributed by atoms with E-state index >= 15 is 0 Å². The van der Waals surface area contributed by atoms with E-state index in [9.17, 15) is 0 Å². The molecular weight excluding hydrogens is 440 g/mol. The lowest BCUT2D eigenvalue weighted by atomic mass is 10.1. The van der Waals surface area contributed by atoms with E-state index in [0.717, 1.165) is 47.8 Å². The molecule has 1 saturated heterocycles. The topological polar surface area (TPSA) is 87.7 Å². The number of hydrazone groups is 1. The maximum atomic E-state index is 6.02. The van der Waals surface area contributed by atoms with Gasteiger partial charge in [-0.25, -0.2) is 4.98 Å². The first-order valence-corrected chi connectivity index (χ1v) is 11.9. The van der Waals surface area contributed by atoms with E-state index in [-0.39, 0.29) is 0 Å². The summed E-state index contributed by atoms with van der Waals surface area (Å²) < 4.78 is 11.5. The molecule has 1 aliphatic heterocycles. The van der Waals surface area contributed by atoms with Gasteiger partial charge in [0.15, 0.2) is 0 Å². The SMILES string of the molecule is Cc1[nH]c2ccc(NN=Cc3cc(N4CCOCC4)cc(OCCc4ccccn4)n3)cc2c1C. The van der Waals surface area contributed by atoms with Gasteiger partial charge in [0.25, 0.3) is 0 Å². The van der Waals surface area contributed by atoms with E-state index in [0.29, 0.717) is 25.7 Å². The molecule has 1 aromatic carbocycles. The zero-order valence-corrected chi connectivity index (χ0v) is 20.1. The van der Waals surface area contributed by atoms with E-state index in [1.165, 1.54) is 16.6 Å². The highest BCUT2D eigenvalue weighted by Crippen LogP contribution is 2.25. The van der Waals surface area contributed by atoms with E-state index in [1.807, 2.05) is 36.4 Å². The highest BCUT2D eigenvalue weighted by Gasteiger charge is 2.14. The number of pyridine rings is 2. The van der Waals surface area contributed by atoms with Gasteiger partial charge in [0.1, 0.15) is 0 Å². The Morgan fingerprint density at radius 2 is 2.03 bits per heavy atom. The number of morpholine rings is 1. The van der Waals surface area contributed by atoms with Crippen molar-refractivity contribution in [1.29, 1.82) is 0 Å². The third-order valence-electron chi connectivity index (χ3n) is 6.22. The van der Waals surface area contributed by atoms with E-state index in [4.69, 9.17) is 9.47 Å². The van der Waals surface area contributed by atoms with Crippen molar-refractivity contribution in [2.24, 2.45) is 5.10 Å². The number of H-pyrrole nitrogens is 1. The Morgan fingerprint density at radius 3 is 2.86 bits per heavy atom. The maximum absolute atomic E-state index is 6.02. The van der Waals surface area contributed by atoms with Gasteiger partial charge in [-0.15, -0.1) is 0 Å². The van der Waals surface area contributed by atoms with Gasteiger partial charge in [0.05, 0.1) is 37.4 Å². The molecule has 4 aromatic rings. The lowest BCUT2D eigenvalue weighted by Gasteiger charge is -2.29. The minimum absolute atomic E-state index is 0.501. The van der Waals surface area contributed by atoms with Crippen LogP contribution in [0.2, 0.25) is 0 Å². The molecule has 1 aliphatic rings. The standard InChI is InChI=1S/C27H30N6O2/c1-19-20(2)30-26-7-6-22(16-25(19)26)32-29-18-23-15-24(33-10-13-34-14-11-33)17-27(31-23)35-12-8-21-5-3-4-9-28-21/h3-7,9,15-18,30,32H,8,10-14H2,1-2H3. The number of hydrogen-bond acceptors (Lipinski definition) is 7. The number of anilines is 2. The number of aromatic nitrogens is 3. The van der Waals surface area contributed by atoms with Gasteiger partial charge in [-0.05, 0) is 55.8 Å². The molecular formula is C27H30N6O2. The number of rotatable bonds is 8. The molecule has 180 valence electrons. The number of benzene rings is 1. The summed E-state index contributed by atoms with van der Waals surface area (Å²) in [6.45, 7) is 7.80. The number of ether oxygens (including phenoxy) is 2. The molecule has 4 heterocycles. The fourth-order valence-electron chi connectivity index (χ4n) is 4.17. The van der Waals surface area contributed by atoms with Crippen molar-refractivity contribution in [1.82, 2.24) is 15.0 Å². The monoisotopic (exact) mass is 470 g/mol. The molecule has 0 spiro atoms. The second kappa shape index (κ2) is 10.6. The van der Waals surface area contributed by atoms with Crippen molar-refractivity contribution in [2.75, 3.05) is 43.2 Å². The molecule has 0 unspecified atom stereocenters. The number of fused-ring (bicyclic) bond motifs is 1. The van der Waals surface area contributed by atoms with Crippen LogP contribution in [0.5, 0.6) is 5.88 Å². The highest BCUT2D eigenvalue weighted by atomic mass is 16.5. The van der Waals surface area contributed by atoms with Crippen molar-refractivity contribution in [2.45, 2.75) is 20.3 Å². The van der Waals surface area contributed by atoms with Crippen LogP contribution < -0.4 is 15.1 Å². The van der Waals surface area contributed by atoms with Crippen LogP contribution in [0.15, 0.2) is 59.8 Å². The quantitative estimate of drug-likeness (QED) is 0.292. The fourth-order valence-corrected chi connectivity index (χ4v) is 4.17. The summed E-state index contributed by atoms with van der Waals surface area (Å²) in [7, 11) is 0. The third-order valence-corrected chi connectivity index (χ3v) is 6.22. The number of hydrogen-bond donors (Lipinski definition) is 2. The van der Waals surface area contributed by atoms with Gasteiger partial charge in [-0.3, -0.25) is 10.4 Å². The Morgan fingerprint density at radius 1 is 1.14 bits per heavy atom. The summed E-state index contributed by atoms with van der Waals surface area (Å²) in [6, 6.07) is 16.1. The first-order valence-electron chi connectivity index (χ1n) is 11.9. The van der Waals surface area contributed by atoms with Crippen molar-refractivity contribution in [3.63, 3.8) is 0 Å². The van der Waals surface area contributed by atoms with Crippen molar-refractivity contribution < 1.29 is 9.47 Å². The molecule has 1 fully saturated rings. The highest BCUT2D eigenvalue weighted by molar-refractivity contribution is 5.87. The summed E-state index contributed by atoms with van der Waals surface area (Å²) >= 11 is 0. The third kappa shape index (κ3) is 5.60. The fraction of sp³-hybridized carbons (Fsp3) is 0.296. The minimum Gasteiger partial charge on any atom is -0.477 e. The minimum atomic E-state index is 0.501. The summed E-state index contributed by atoms with van der Waals surface area (Å²) in [4.78, 5) is 14.7. The molecule has 5 rings (SSSR count). The Bertz CT molecular complexity index is 1310. The lowest BCUT2D eigenvalue weighted by Crippen LogP contribution is -2.36. The van der Waals surface area contributed by atoms with Crippen LogP contribution in [-0.2, 0) is 11.2 Å². The average molecular weight is 471 g/mol. The molecule has 0 radical (unpaired) electrons. The second-order valence-electron chi connectivity index (χ2n) is 8.61. The normalized spacial score (nSPS) is 14.1. The van der Waals surface area contributed by atoms with Gasteiger partial charge >= 0.3 is 0 Å². The maximum Gasteiger partial charge on any atom is 0.215 e. The van der Waals surface area contributed by atoms with E-state index < -0.39 is 0 Å². The van der Waals surface area contributed by atoms with Crippen LogP contribution >= 0.6 is 0 Å². The molecule has 0 bridgehead atoms. The van der Waals surface area contributed by atoms with Crippen LogP contribution in [0.25, 0.3) is 10.9 Å². The van der Waals surface area contributed by atoms with Crippen LogP contribution in [0.1, 0.15) is 22.6 Å². The molecule has 0 atom stereocenters. The van der Waals surface area contributed by atoms with Crippen LogP contribution in [-0.4, -0.2) is 54.1 Å². The van der Waals surface area contributed by atoms with Crippen LogP contribution in [0, 0.1) is 13.8 Å². The van der Waals surface area contributed by atoms with Crippen LogP contribution in [0.4, 0.5) is 11.4 Å². The summed E-state index contributed by atoms with van der Waals surface area (Å²) in [5.74, 6) is 0.575. The van der Waals surface area contributed by atoms with Gasteiger partial charge in [0.2, 0.25) is 5.88 Å². The first-order chi connectivity index (χ1) is 17.2. The zero-order chi connectivity index (χ0) is 24.0. The lowest BCUT2D eigenvalue weighted by molar-refractivity contribution is 0.122. The van der Waals surface area contributed by atoms with Gasteiger partial charge < -0.3 is 19.4 Å². The second-order valence-corrected chi connectivity index (χ2v) is 8.61. The van der Waals surface area contributed by atoms with E-state index in [2.05, 4.69) is 56.4 Å². The average Bonchev–Trinajstić information content (AvgIpc) is 3.18. The van der Waals surface area contributed by atoms with Gasteiger partial charge in [0, 0.05) is 59.8 Å². The molecule has 0 aliphatic carbocycles. The molecule has 8 nitrogen and oxygen atoms in total. The number of aromatic amines is 1. The summed E-state index contributed by atoms with van der Waals surface area (Å²) in [6.07, 6.45) is 4.25. The predicted octanol–water partition coefficient (Wildman–Crippen LogP) is 4.48. The molecule has 8 heteroatoms. The summed E-state index contributed by atoms with van der Waals surface area (Å²) in [5.41, 5.74) is 10.4. The van der Waals surface area contributed by atoms with Crippen LogP contribution in [0.3, 0.4) is 0 Å². The number of nitrogens with one attached hydrogen (secondary N) is 2.